The van der Waals surface area contributed by atoms with E-state index in [0.717, 1.165) is 29.7 Å². The number of H-pyrrole nitrogens is 1. The maximum absolute atomic E-state index is 8.62. The van der Waals surface area contributed by atoms with Crippen LogP contribution in [0.25, 0.3) is 10.9 Å². The zero-order chi connectivity index (χ0) is 9.80. The number of rotatable bonds is 4. The fraction of sp³-hybridized carbons (Fsp3) is 0.300. The van der Waals surface area contributed by atoms with Crippen molar-refractivity contribution in [3.63, 3.8) is 0 Å². The van der Waals surface area contributed by atoms with Gasteiger partial charge in [-0.2, -0.15) is 0 Å². The van der Waals surface area contributed by atoms with Crippen LogP contribution in [0, 0.1) is 0 Å². The summed E-state index contributed by atoms with van der Waals surface area (Å²) in [5, 5.41) is 12.9. The predicted octanol–water partition coefficient (Wildman–Crippen LogP) is 1.36. The van der Waals surface area contributed by atoms with Crippen molar-refractivity contribution in [2.24, 2.45) is 0 Å². The summed E-state index contributed by atoms with van der Waals surface area (Å²) in [6, 6.07) is 4.00. The monoisotopic (exact) mass is 191 g/mol. The number of aliphatic hydroxyl groups is 1. The van der Waals surface area contributed by atoms with Gasteiger partial charge in [-0.15, -0.1) is 0 Å². The molecule has 0 saturated heterocycles. The van der Waals surface area contributed by atoms with Crippen molar-refractivity contribution in [3.05, 3.63) is 24.5 Å². The lowest BCUT2D eigenvalue weighted by molar-refractivity contribution is 0.292. The molecule has 0 aromatic carbocycles. The molecule has 0 atom stereocenters. The van der Waals surface area contributed by atoms with Crippen molar-refractivity contribution in [2.45, 2.75) is 6.42 Å². The number of anilines is 1. The number of fused-ring (bicyclic) bond motifs is 1. The standard InChI is InChI=1S/C10H13N3O/c14-5-1-3-12-10-6-8-2-4-11-9(8)7-13-10/h2,4,6-7,11,14H,1,3,5H2,(H,12,13). The van der Waals surface area contributed by atoms with Crippen molar-refractivity contribution in [1.82, 2.24) is 9.97 Å². The van der Waals surface area contributed by atoms with Gasteiger partial charge in [-0.05, 0) is 18.6 Å². The number of nitrogens with zero attached hydrogens (tertiary/aromatic N) is 1. The Hall–Kier alpha value is -1.55. The van der Waals surface area contributed by atoms with Crippen LogP contribution in [0.1, 0.15) is 6.42 Å². The summed E-state index contributed by atoms with van der Waals surface area (Å²) in [6.07, 6.45) is 4.44. The average Bonchev–Trinajstić information content (AvgIpc) is 2.65. The molecule has 0 aliphatic heterocycles. The Labute approximate surface area is 82.0 Å². The Balaban J connectivity index is 2.10. The fourth-order valence-corrected chi connectivity index (χ4v) is 1.34. The smallest absolute Gasteiger partial charge is 0.126 e. The molecule has 0 radical (unpaired) electrons. The second kappa shape index (κ2) is 4.11. The minimum atomic E-state index is 0.208. The topological polar surface area (TPSA) is 60.9 Å². The third-order valence-corrected chi connectivity index (χ3v) is 2.08. The number of aliphatic hydroxyl groups excluding tert-OH is 1. The quantitative estimate of drug-likeness (QED) is 0.639. The first-order valence-corrected chi connectivity index (χ1v) is 4.68. The maximum Gasteiger partial charge on any atom is 0.126 e. The first-order chi connectivity index (χ1) is 6.90. The Kier molecular flexibility index (Phi) is 2.65. The molecule has 0 saturated carbocycles. The predicted molar refractivity (Wildman–Crippen MR) is 56.3 cm³/mol. The normalized spacial score (nSPS) is 10.6. The molecule has 3 N–H and O–H groups in total. The first kappa shape index (κ1) is 9.02. The summed E-state index contributed by atoms with van der Waals surface area (Å²) in [4.78, 5) is 7.31. The van der Waals surface area contributed by atoms with E-state index in [-0.39, 0.29) is 6.61 Å². The van der Waals surface area contributed by atoms with E-state index in [0.29, 0.717) is 0 Å². The van der Waals surface area contributed by atoms with E-state index >= 15 is 0 Å². The molecule has 0 aliphatic rings. The van der Waals surface area contributed by atoms with Crippen LogP contribution in [0.3, 0.4) is 0 Å². The number of pyridine rings is 1. The van der Waals surface area contributed by atoms with Gasteiger partial charge >= 0.3 is 0 Å². The molecule has 74 valence electrons. The van der Waals surface area contributed by atoms with Crippen LogP contribution in [0.15, 0.2) is 24.5 Å². The third-order valence-electron chi connectivity index (χ3n) is 2.08. The highest BCUT2D eigenvalue weighted by molar-refractivity contribution is 5.80. The van der Waals surface area contributed by atoms with Crippen LogP contribution in [0.5, 0.6) is 0 Å². The van der Waals surface area contributed by atoms with E-state index in [1.165, 1.54) is 0 Å². The Bertz CT molecular complexity index is 410. The molecule has 4 nitrogen and oxygen atoms in total. The molecular weight excluding hydrogens is 178 g/mol. The number of aromatic amines is 1. The molecule has 0 aliphatic carbocycles. The molecule has 0 spiro atoms. The Morgan fingerprint density at radius 2 is 2.43 bits per heavy atom. The van der Waals surface area contributed by atoms with Gasteiger partial charge in [0.15, 0.2) is 0 Å². The Morgan fingerprint density at radius 3 is 3.29 bits per heavy atom. The van der Waals surface area contributed by atoms with Gasteiger partial charge < -0.3 is 15.4 Å². The average molecular weight is 191 g/mol. The second-order valence-corrected chi connectivity index (χ2v) is 3.14. The largest absolute Gasteiger partial charge is 0.396 e. The molecule has 2 aromatic heterocycles. The van der Waals surface area contributed by atoms with Gasteiger partial charge in [0.1, 0.15) is 5.82 Å². The zero-order valence-electron chi connectivity index (χ0n) is 7.83. The summed E-state index contributed by atoms with van der Waals surface area (Å²) in [6.45, 7) is 0.957. The minimum absolute atomic E-state index is 0.208. The van der Waals surface area contributed by atoms with Crippen LogP contribution in [0.2, 0.25) is 0 Å². The highest BCUT2D eigenvalue weighted by Crippen LogP contribution is 2.14. The summed E-state index contributed by atoms with van der Waals surface area (Å²) >= 11 is 0. The van der Waals surface area contributed by atoms with Gasteiger partial charge in [-0.1, -0.05) is 0 Å². The number of hydrogen-bond donors (Lipinski definition) is 3. The molecular formula is C10H13N3O. The van der Waals surface area contributed by atoms with E-state index < -0.39 is 0 Å². The van der Waals surface area contributed by atoms with Crippen LogP contribution < -0.4 is 5.32 Å². The first-order valence-electron chi connectivity index (χ1n) is 4.68. The third kappa shape index (κ3) is 1.85. The van der Waals surface area contributed by atoms with Crippen LogP contribution in [-0.4, -0.2) is 28.2 Å². The van der Waals surface area contributed by atoms with E-state index in [2.05, 4.69) is 15.3 Å². The van der Waals surface area contributed by atoms with Gasteiger partial charge in [0.25, 0.3) is 0 Å². The van der Waals surface area contributed by atoms with Gasteiger partial charge in [0.2, 0.25) is 0 Å². The SMILES string of the molecule is OCCCNc1cc2cc[nH]c2cn1. The molecule has 0 bridgehead atoms. The number of nitrogens with one attached hydrogen (secondary N) is 2. The summed E-state index contributed by atoms with van der Waals surface area (Å²) < 4.78 is 0. The van der Waals surface area contributed by atoms with Gasteiger partial charge in [0, 0.05) is 24.7 Å². The van der Waals surface area contributed by atoms with E-state index in [4.69, 9.17) is 5.11 Å². The van der Waals surface area contributed by atoms with Crippen LogP contribution >= 0.6 is 0 Å². The number of hydrogen-bond acceptors (Lipinski definition) is 3. The molecule has 14 heavy (non-hydrogen) atoms. The lowest BCUT2D eigenvalue weighted by Crippen LogP contribution is -2.04. The fourth-order valence-electron chi connectivity index (χ4n) is 1.34. The highest BCUT2D eigenvalue weighted by Gasteiger charge is 1.97. The molecule has 2 rings (SSSR count). The molecule has 0 unspecified atom stereocenters. The number of aromatic nitrogens is 2. The molecule has 0 amide bonds. The van der Waals surface area contributed by atoms with E-state index in [9.17, 15) is 0 Å². The second-order valence-electron chi connectivity index (χ2n) is 3.14. The van der Waals surface area contributed by atoms with Crippen LogP contribution in [0.4, 0.5) is 5.82 Å². The van der Waals surface area contributed by atoms with Gasteiger partial charge in [-0.25, -0.2) is 4.98 Å². The van der Waals surface area contributed by atoms with Crippen molar-refractivity contribution >= 4 is 16.7 Å². The Morgan fingerprint density at radius 1 is 1.50 bits per heavy atom. The summed E-state index contributed by atoms with van der Waals surface area (Å²) in [5.74, 6) is 0.852. The maximum atomic E-state index is 8.62. The minimum Gasteiger partial charge on any atom is -0.396 e. The van der Waals surface area contributed by atoms with E-state index in [1.54, 1.807) is 6.20 Å². The molecule has 0 fully saturated rings. The van der Waals surface area contributed by atoms with E-state index in [1.807, 2.05) is 18.3 Å². The summed E-state index contributed by atoms with van der Waals surface area (Å²) in [7, 11) is 0. The lowest BCUT2D eigenvalue weighted by Gasteiger charge is -2.03. The van der Waals surface area contributed by atoms with Gasteiger partial charge in [0.05, 0.1) is 11.7 Å². The van der Waals surface area contributed by atoms with Crippen molar-refractivity contribution in [3.8, 4) is 0 Å². The lowest BCUT2D eigenvalue weighted by atomic mass is 10.3. The molecule has 2 heterocycles. The van der Waals surface area contributed by atoms with Crippen molar-refractivity contribution < 1.29 is 5.11 Å². The van der Waals surface area contributed by atoms with Gasteiger partial charge in [-0.3, -0.25) is 0 Å². The summed E-state index contributed by atoms with van der Waals surface area (Å²) in [5.41, 5.74) is 1.04. The molecule has 2 aromatic rings. The van der Waals surface area contributed by atoms with Crippen molar-refractivity contribution in [2.75, 3.05) is 18.5 Å². The molecule has 4 heteroatoms. The van der Waals surface area contributed by atoms with Crippen molar-refractivity contribution in [1.29, 1.82) is 0 Å². The zero-order valence-corrected chi connectivity index (χ0v) is 7.83. The highest BCUT2D eigenvalue weighted by atomic mass is 16.3. The van der Waals surface area contributed by atoms with Crippen LogP contribution in [-0.2, 0) is 0 Å².